The second-order valence-electron chi connectivity index (χ2n) is 7.16. The van der Waals surface area contributed by atoms with Crippen LogP contribution in [0.3, 0.4) is 0 Å². The quantitative estimate of drug-likeness (QED) is 0.556. The number of benzene rings is 1. The van der Waals surface area contributed by atoms with E-state index < -0.39 is 11.9 Å². The van der Waals surface area contributed by atoms with Gasteiger partial charge in [0.15, 0.2) is 0 Å². The van der Waals surface area contributed by atoms with Crippen molar-refractivity contribution in [3.05, 3.63) is 52.3 Å². The van der Waals surface area contributed by atoms with Crippen molar-refractivity contribution in [3.63, 3.8) is 0 Å². The van der Waals surface area contributed by atoms with E-state index in [1.54, 1.807) is 13.0 Å². The van der Waals surface area contributed by atoms with Crippen LogP contribution >= 0.6 is 0 Å². The van der Waals surface area contributed by atoms with E-state index in [4.69, 9.17) is 4.74 Å². The molecule has 1 aromatic heterocycles. The van der Waals surface area contributed by atoms with E-state index in [-0.39, 0.29) is 24.7 Å². The van der Waals surface area contributed by atoms with Gasteiger partial charge in [0.1, 0.15) is 12.2 Å². The molecule has 1 amide bonds. The first-order valence-corrected chi connectivity index (χ1v) is 9.45. The van der Waals surface area contributed by atoms with Crippen LogP contribution in [0.2, 0.25) is 0 Å². The topological polar surface area (TPSA) is 88.5 Å². The molecule has 0 saturated carbocycles. The Kier molecular flexibility index (Phi) is 7.15. The molecule has 0 aliphatic heterocycles. The lowest BCUT2D eigenvalue weighted by atomic mass is 9.97. The van der Waals surface area contributed by atoms with Gasteiger partial charge in [0.05, 0.1) is 12.3 Å². The van der Waals surface area contributed by atoms with Crippen LogP contribution in [0, 0.1) is 13.8 Å². The number of ether oxygens (including phenoxy) is 1. The van der Waals surface area contributed by atoms with Crippen LogP contribution < -0.4 is 5.32 Å². The van der Waals surface area contributed by atoms with Gasteiger partial charge in [0, 0.05) is 17.8 Å². The highest BCUT2D eigenvalue weighted by atomic mass is 16.5. The van der Waals surface area contributed by atoms with E-state index in [9.17, 15) is 14.7 Å². The van der Waals surface area contributed by atoms with Crippen LogP contribution in [-0.4, -0.2) is 28.6 Å². The number of carbonyl (C=O) groups excluding carboxylic acids is 2. The molecule has 0 unspecified atom stereocenters. The van der Waals surface area contributed by atoms with Crippen molar-refractivity contribution in [2.75, 3.05) is 11.9 Å². The lowest BCUT2D eigenvalue weighted by molar-refractivity contribution is -0.145. The number of rotatable bonds is 7. The third-order valence-electron chi connectivity index (χ3n) is 4.45. The number of amides is 1. The average Bonchev–Trinajstić information content (AvgIpc) is 2.59. The third kappa shape index (κ3) is 5.55. The number of pyridine rings is 1. The fraction of sp³-hybridized carbons (Fsp3) is 0.409. The van der Waals surface area contributed by atoms with Gasteiger partial charge in [-0.05, 0) is 67.6 Å². The molecule has 2 N–H and O–H groups in total. The van der Waals surface area contributed by atoms with Crippen LogP contribution in [0.25, 0.3) is 0 Å². The Morgan fingerprint density at radius 1 is 1.18 bits per heavy atom. The van der Waals surface area contributed by atoms with Crippen LogP contribution in [0.4, 0.5) is 5.69 Å². The predicted octanol–water partition coefficient (Wildman–Crippen LogP) is 4.01. The zero-order chi connectivity index (χ0) is 20.8. The van der Waals surface area contributed by atoms with Crippen molar-refractivity contribution in [1.29, 1.82) is 0 Å². The molecule has 0 saturated heterocycles. The number of esters is 1. The summed E-state index contributed by atoms with van der Waals surface area (Å²) in [5, 5.41) is 12.7. The minimum atomic E-state index is -0.538. The fourth-order valence-electron chi connectivity index (χ4n) is 3.11. The number of carbonyl (C=O) groups is 2. The van der Waals surface area contributed by atoms with E-state index in [1.165, 1.54) is 0 Å². The number of aromatic hydroxyl groups is 1. The summed E-state index contributed by atoms with van der Waals surface area (Å²) in [6, 6.07) is 7.28. The van der Waals surface area contributed by atoms with Gasteiger partial charge < -0.3 is 15.2 Å². The van der Waals surface area contributed by atoms with Gasteiger partial charge in [-0.25, -0.2) is 0 Å². The molecular formula is C22H28N2O4. The second-order valence-corrected chi connectivity index (χ2v) is 7.16. The Morgan fingerprint density at radius 3 is 2.39 bits per heavy atom. The van der Waals surface area contributed by atoms with Crippen LogP contribution in [-0.2, 0) is 20.7 Å². The molecule has 0 radical (unpaired) electrons. The SMILES string of the molecule is CCOC(=O)CC(=O)Nc1cc(C)c(Cc2ccc(O)c(C(C)C)n2)c(C)c1. The summed E-state index contributed by atoms with van der Waals surface area (Å²) < 4.78 is 4.79. The first-order chi connectivity index (χ1) is 13.2. The molecule has 1 aromatic carbocycles. The van der Waals surface area contributed by atoms with Crippen LogP contribution in [0.5, 0.6) is 5.75 Å². The lowest BCUT2D eigenvalue weighted by Gasteiger charge is -2.15. The Bertz CT molecular complexity index is 852. The number of aryl methyl sites for hydroxylation is 2. The van der Waals surface area contributed by atoms with Crippen molar-refractivity contribution < 1.29 is 19.4 Å². The molecule has 0 aliphatic rings. The van der Waals surface area contributed by atoms with Gasteiger partial charge >= 0.3 is 5.97 Å². The van der Waals surface area contributed by atoms with Crippen LogP contribution in [0.1, 0.15) is 61.2 Å². The molecule has 28 heavy (non-hydrogen) atoms. The van der Waals surface area contributed by atoms with E-state index in [2.05, 4.69) is 10.3 Å². The number of nitrogens with one attached hydrogen (secondary N) is 1. The first kappa shape index (κ1) is 21.4. The molecule has 6 heteroatoms. The lowest BCUT2D eigenvalue weighted by Crippen LogP contribution is -2.18. The Balaban J connectivity index is 2.17. The maximum absolute atomic E-state index is 12.0. The molecule has 2 aromatic rings. The summed E-state index contributed by atoms with van der Waals surface area (Å²) in [6.45, 7) is 9.91. The minimum Gasteiger partial charge on any atom is -0.506 e. The van der Waals surface area contributed by atoms with Gasteiger partial charge in [-0.2, -0.15) is 0 Å². The molecule has 0 spiro atoms. The van der Waals surface area contributed by atoms with Gasteiger partial charge in [-0.3, -0.25) is 14.6 Å². The molecule has 2 rings (SSSR count). The third-order valence-corrected chi connectivity index (χ3v) is 4.45. The molecule has 6 nitrogen and oxygen atoms in total. The number of aromatic nitrogens is 1. The molecule has 0 aliphatic carbocycles. The Hall–Kier alpha value is -2.89. The van der Waals surface area contributed by atoms with Gasteiger partial charge in [-0.15, -0.1) is 0 Å². The normalized spacial score (nSPS) is 10.8. The largest absolute Gasteiger partial charge is 0.506 e. The van der Waals surface area contributed by atoms with Crippen LogP contribution in [0.15, 0.2) is 24.3 Å². The summed E-state index contributed by atoms with van der Waals surface area (Å²) in [5.74, 6) is -0.581. The molecule has 150 valence electrons. The average molecular weight is 384 g/mol. The van der Waals surface area contributed by atoms with Crippen molar-refractivity contribution in [1.82, 2.24) is 4.98 Å². The van der Waals surface area contributed by atoms with E-state index in [0.717, 1.165) is 22.4 Å². The Labute approximate surface area is 166 Å². The summed E-state index contributed by atoms with van der Waals surface area (Å²) in [5.41, 5.74) is 5.38. The standard InChI is InChI=1S/C22H28N2O4/c1-6-28-21(27)12-20(26)23-17-9-14(4)18(15(5)10-17)11-16-7-8-19(25)22(24-16)13(2)3/h7-10,13,25H,6,11-12H2,1-5H3,(H,23,26). The van der Waals surface area contributed by atoms with Crippen molar-refractivity contribution >= 4 is 17.6 Å². The van der Waals surface area contributed by atoms with E-state index >= 15 is 0 Å². The molecule has 0 bridgehead atoms. The summed E-state index contributed by atoms with van der Waals surface area (Å²) in [7, 11) is 0. The summed E-state index contributed by atoms with van der Waals surface area (Å²) in [6.07, 6.45) is 0.331. The molecule has 1 heterocycles. The van der Waals surface area contributed by atoms with E-state index in [1.807, 2.05) is 45.9 Å². The summed E-state index contributed by atoms with van der Waals surface area (Å²) in [4.78, 5) is 28.0. The zero-order valence-electron chi connectivity index (χ0n) is 17.1. The number of nitrogens with zero attached hydrogens (tertiary/aromatic N) is 1. The smallest absolute Gasteiger partial charge is 0.315 e. The highest BCUT2D eigenvalue weighted by Gasteiger charge is 2.14. The second kappa shape index (κ2) is 9.35. The summed E-state index contributed by atoms with van der Waals surface area (Å²) >= 11 is 0. The predicted molar refractivity (Wildman–Crippen MR) is 109 cm³/mol. The van der Waals surface area contributed by atoms with Gasteiger partial charge in [0.2, 0.25) is 5.91 Å². The van der Waals surface area contributed by atoms with Crippen molar-refractivity contribution in [2.45, 2.75) is 53.4 Å². The maximum Gasteiger partial charge on any atom is 0.315 e. The minimum absolute atomic E-state index is 0.138. The number of hydrogen-bond donors (Lipinski definition) is 2. The fourth-order valence-corrected chi connectivity index (χ4v) is 3.11. The molecular weight excluding hydrogens is 356 g/mol. The zero-order valence-corrected chi connectivity index (χ0v) is 17.1. The Morgan fingerprint density at radius 2 is 1.82 bits per heavy atom. The number of hydrogen-bond acceptors (Lipinski definition) is 5. The van der Waals surface area contributed by atoms with Crippen molar-refractivity contribution in [2.24, 2.45) is 0 Å². The first-order valence-electron chi connectivity index (χ1n) is 9.45. The maximum atomic E-state index is 12.0. The molecule has 0 atom stereocenters. The number of anilines is 1. The van der Waals surface area contributed by atoms with Gasteiger partial charge in [-0.1, -0.05) is 13.8 Å². The monoisotopic (exact) mass is 384 g/mol. The molecule has 0 fully saturated rings. The highest BCUT2D eigenvalue weighted by molar-refractivity contribution is 6.02. The van der Waals surface area contributed by atoms with Crippen molar-refractivity contribution in [3.8, 4) is 5.75 Å². The van der Waals surface area contributed by atoms with Gasteiger partial charge in [0.25, 0.3) is 0 Å². The highest BCUT2D eigenvalue weighted by Crippen LogP contribution is 2.26. The van der Waals surface area contributed by atoms with E-state index in [0.29, 0.717) is 17.8 Å².